The Labute approximate surface area is 150 Å². The number of halogens is 1. The van der Waals surface area contributed by atoms with Crippen LogP contribution in [0.4, 0.5) is 4.79 Å². The van der Waals surface area contributed by atoms with E-state index in [-0.39, 0.29) is 17.7 Å². The summed E-state index contributed by atoms with van der Waals surface area (Å²) in [7, 11) is 0. The fourth-order valence-corrected chi connectivity index (χ4v) is 3.62. The Hall–Kier alpha value is -1.47. The zero-order valence-electron chi connectivity index (χ0n) is 14.2. The highest BCUT2D eigenvalue weighted by Gasteiger charge is 2.30. The van der Waals surface area contributed by atoms with Crippen molar-refractivity contribution in [1.82, 2.24) is 10.2 Å². The first kappa shape index (κ1) is 17.4. The van der Waals surface area contributed by atoms with Crippen LogP contribution < -0.4 is 14.8 Å². The highest BCUT2D eigenvalue weighted by Crippen LogP contribution is 2.37. The van der Waals surface area contributed by atoms with E-state index in [1.165, 1.54) is 0 Å². The lowest BCUT2D eigenvalue weighted by molar-refractivity contribution is -0.0735. The SMILES string of the molecule is CC(NC(=O)N1CCOC(C)(C)C1)c1cc2c(cc1Br)OCCO2. The van der Waals surface area contributed by atoms with Crippen LogP contribution in [0.5, 0.6) is 11.5 Å². The van der Waals surface area contributed by atoms with Crippen LogP contribution in [0.25, 0.3) is 0 Å². The number of amides is 2. The fraction of sp³-hybridized carbons (Fsp3) is 0.588. The van der Waals surface area contributed by atoms with Crippen LogP contribution in [0, 0.1) is 0 Å². The molecule has 2 aliphatic rings. The number of carbonyl (C=O) groups is 1. The van der Waals surface area contributed by atoms with Gasteiger partial charge in [-0.1, -0.05) is 15.9 Å². The number of hydrogen-bond acceptors (Lipinski definition) is 4. The minimum absolute atomic E-state index is 0.0827. The molecule has 132 valence electrons. The van der Waals surface area contributed by atoms with Gasteiger partial charge in [0.2, 0.25) is 0 Å². The summed E-state index contributed by atoms with van der Waals surface area (Å²) in [5.74, 6) is 1.44. The van der Waals surface area contributed by atoms with E-state index in [9.17, 15) is 4.79 Å². The highest BCUT2D eigenvalue weighted by atomic mass is 79.9. The van der Waals surface area contributed by atoms with E-state index in [1.54, 1.807) is 4.90 Å². The number of nitrogens with one attached hydrogen (secondary N) is 1. The van der Waals surface area contributed by atoms with E-state index in [1.807, 2.05) is 32.9 Å². The lowest BCUT2D eigenvalue weighted by Crippen LogP contribution is -2.53. The molecule has 0 aromatic heterocycles. The van der Waals surface area contributed by atoms with Gasteiger partial charge in [-0.2, -0.15) is 0 Å². The second kappa shape index (κ2) is 6.80. The van der Waals surface area contributed by atoms with Crippen molar-refractivity contribution < 1.29 is 19.0 Å². The van der Waals surface area contributed by atoms with Crippen LogP contribution in [-0.4, -0.2) is 49.4 Å². The molecular formula is C17H23BrN2O4. The van der Waals surface area contributed by atoms with E-state index in [2.05, 4.69) is 21.2 Å². The number of urea groups is 1. The van der Waals surface area contributed by atoms with Gasteiger partial charge in [-0.05, 0) is 38.5 Å². The standard InChI is InChI=1S/C17H23BrN2O4/c1-11(19-16(21)20-4-5-24-17(2,3)10-20)12-8-14-15(9-13(12)18)23-7-6-22-14/h8-9,11H,4-7,10H2,1-3H3,(H,19,21). The first-order chi connectivity index (χ1) is 11.4. The third kappa shape index (κ3) is 3.78. The maximum atomic E-state index is 12.6. The van der Waals surface area contributed by atoms with Gasteiger partial charge >= 0.3 is 6.03 Å². The van der Waals surface area contributed by atoms with Crippen molar-refractivity contribution in [2.45, 2.75) is 32.4 Å². The van der Waals surface area contributed by atoms with E-state index in [0.29, 0.717) is 38.7 Å². The van der Waals surface area contributed by atoms with E-state index in [4.69, 9.17) is 14.2 Å². The normalized spacial score (nSPS) is 20.4. The fourth-order valence-electron chi connectivity index (χ4n) is 2.96. The minimum Gasteiger partial charge on any atom is -0.486 e. The summed E-state index contributed by atoms with van der Waals surface area (Å²) in [6.45, 7) is 8.77. The van der Waals surface area contributed by atoms with Gasteiger partial charge in [-0.3, -0.25) is 0 Å². The Balaban J connectivity index is 1.70. The molecule has 24 heavy (non-hydrogen) atoms. The molecule has 2 amide bonds. The maximum absolute atomic E-state index is 12.6. The second-order valence-electron chi connectivity index (χ2n) is 6.72. The first-order valence-corrected chi connectivity index (χ1v) is 8.93. The van der Waals surface area contributed by atoms with Crippen LogP contribution in [0.2, 0.25) is 0 Å². The summed E-state index contributed by atoms with van der Waals surface area (Å²) in [6.07, 6.45) is 0. The number of benzene rings is 1. The van der Waals surface area contributed by atoms with E-state index in [0.717, 1.165) is 15.8 Å². The molecule has 0 bridgehead atoms. The van der Waals surface area contributed by atoms with Crippen LogP contribution in [-0.2, 0) is 4.74 Å². The minimum atomic E-state index is -0.309. The van der Waals surface area contributed by atoms with Crippen molar-refractivity contribution in [3.63, 3.8) is 0 Å². The summed E-state index contributed by atoms with van der Waals surface area (Å²) >= 11 is 3.56. The molecular weight excluding hydrogens is 376 g/mol. The quantitative estimate of drug-likeness (QED) is 0.831. The number of nitrogens with zero attached hydrogens (tertiary/aromatic N) is 1. The topological polar surface area (TPSA) is 60.0 Å². The summed E-state index contributed by atoms with van der Waals surface area (Å²) in [5, 5.41) is 3.06. The second-order valence-corrected chi connectivity index (χ2v) is 7.57. The van der Waals surface area contributed by atoms with Gasteiger partial charge in [0.15, 0.2) is 11.5 Å². The molecule has 1 aromatic carbocycles. The molecule has 2 aliphatic heterocycles. The van der Waals surface area contributed by atoms with Gasteiger partial charge < -0.3 is 24.4 Å². The average molecular weight is 399 g/mol. The van der Waals surface area contributed by atoms with E-state index < -0.39 is 0 Å². The van der Waals surface area contributed by atoms with Gasteiger partial charge in [0.25, 0.3) is 0 Å². The smallest absolute Gasteiger partial charge is 0.318 e. The third-order valence-electron chi connectivity index (χ3n) is 4.18. The molecule has 1 N–H and O–H groups in total. The number of fused-ring (bicyclic) bond motifs is 1. The summed E-state index contributed by atoms with van der Waals surface area (Å²) < 4.78 is 17.8. The van der Waals surface area contributed by atoms with Crippen LogP contribution in [0.1, 0.15) is 32.4 Å². The van der Waals surface area contributed by atoms with Crippen molar-refractivity contribution in [3.8, 4) is 11.5 Å². The van der Waals surface area contributed by atoms with Gasteiger partial charge in [-0.15, -0.1) is 0 Å². The predicted molar refractivity (Wildman–Crippen MR) is 93.7 cm³/mol. The molecule has 1 unspecified atom stereocenters. The van der Waals surface area contributed by atoms with Crippen molar-refractivity contribution in [2.24, 2.45) is 0 Å². The summed E-state index contributed by atoms with van der Waals surface area (Å²) in [6, 6.07) is 3.58. The Morgan fingerprint density at radius 2 is 1.92 bits per heavy atom. The van der Waals surface area contributed by atoms with Crippen LogP contribution in [0.15, 0.2) is 16.6 Å². The number of hydrogen-bond donors (Lipinski definition) is 1. The lowest BCUT2D eigenvalue weighted by Gasteiger charge is -2.38. The number of carbonyl (C=O) groups excluding carboxylic acids is 1. The van der Waals surface area contributed by atoms with Crippen molar-refractivity contribution in [2.75, 3.05) is 32.9 Å². The average Bonchev–Trinajstić information content (AvgIpc) is 2.53. The van der Waals surface area contributed by atoms with Crippen LogP contribution in [0.3, 0.4) is 0 Å². The zero-order valence-corrected chi connectivity index (χ0v) is 15.8. The van der Waals surface area contributed by atoms with Crippen molar-refractivity contribution >= 4 is 22.0 Å². The molecule has 1 atom stereocenters. The Morgan fingerprint density at radius 1 is 1.25 bits per heavy atom. The molecule has 0 radical (unpaired) electrons. The number of ether oxygens (including phenoxy) is 3. The summed E-state index contributed by atoms with van der Waals surface area (Å²) in [5.41, 5.74) is 0.649. The largest absolute Gasteiger partial charge is 0.486 e. The Morgan fingerprint density at radius 3 is 2.58 bits per heavy atom. The Kier molecular flexibility index (Phi) is 4.92. The molecule has 7 heteroatoms. The zero-order chi connectivity index (χ0) is 17.3. The van der Waals surface area contributed by atoms with Gasteiger partial charge in [0.1, 0.15) is 13.2 Å². The number of rotatable bonds is 2. The number of morpholine rings is 1. The predicted octanol–water partition coefficient (Wildman–Crippen LogP) is 3.10. The van der Waals surface area contributed by atoms with Gasteiger partial charge in [0, 0.05) is 11.0 Å². The molecule has 1 saturated heterocycles. The third-order valence-corrected chi connectivity index (χ3v) is 4.87. The van der Waals surface area contributed by atoms with Gasteiger partial charge in [-0.25, -0.2) is 4.79 Å². The maximum Gasteiger partial charge on any atom is 0.318 e. The van der Waals surface area contributed by atoms with Crippen molar-refractivity contribution in [1.29, 1.82) is 0 Å². The van der Waals surface area contributed by atoms with Crippen molar-refractivity contribution in [3.05, 3.63) is 22.2 Å². The molecule has 0 saturated carbocycles. The molecule has 1 aromatic rings. The van der Waals surface area contributed by atoms with Crippen LogP contribution >= 0.6 is 15.9 Å². The molecule has 1 fully saturated rings. The molecule has 6 nitrogen and oxygen atoms in total. The molecule has 0 spiro atoms. The Bertz CT molecular complexity index is 635. The molecule has 3 rings (SSSR count). The highest BCUT2D eigenvalue weighted by molar-refractivity contribution is 9.10. The lowest BCUT2D eigenvalue weighted by atomic mass is 10.1. The van der Waals surface area contributed by atoms with Gasteiger partial charge in [0.05, 0.1) is 24.8 Å². The molecule has 0 aliphatic carbocycles. The first-order valence-electron chi connectivity index (χ1n) is 8.14. The molecule has 2 heterocycles. The monoisotopic (exact) mass is 398 g/mol. The summed E-state index contributed by atoms with van der Waals surface area (Å²) in [4.78, 5) is 14.4. The van der Waals surface area contributed by atoms with E-state index >= 15 is 0 Å².